The van der Waals surface area contributed by atoms with Crippen molar-refractivity contribution in [1.82, 2.24) is 24.2 Å². The summed E-state index contributed by atoms with van der Waals surface area (Å²) in [5.74, 6) is 0.766. The molecule has 11 nitrogen and oxygen atoms in total. The summed E-state index contributed by atoms with van der Waals surface area (Å²) in [4.78, 5) is 42.5. The number of halogens is 1. The molecule has 0 fully saturated rings. The average molecular weight is 562 g/mol. The highest BCUT2D eigenvalue weighted by molar-refractivity contribution is 6.33. The molecule has 2 aromatic carbocycles. The largest absolute Gasteiger partial charge is 0.418 e. The minimum Gasteiger partial charge on any atom is -0.412 e. The van der Waals surface area contributed by atoms with E-state index in [0.29, 0.717) is 45.7 Å². The molecule has 0 unspecified atom stereocenters. The molecule has 40 heavy (non-hydrogen) atoms. The number of rotatable bonds is 8. The van der Waals surface area contributed by atoms with E-state index in [0.717, 1.165) is 22.2 Å². The summed E-state index contributed by atoms with van der Waals surface area (Å²) < 4.78 is 8.43. The molecule has 0 aliphatic carbocycles. The molecular weight excluding hydrogens is 534 g/mol. The Morgan fingerprint density at radius 3 is 2.62 bits per heavy atom. The first kappa shape index (κ1) is 27.0. The topological polar surface area (TPSA) is 116 Å². The molecule has 0 saturated heterocycles. The van der Waals surface area contributed by atoms with E-state index in [1.165, 1.54) is 7.11 Å². The average Bonchev–Trinajstić information content (AvgIpc) is 3.24. The van der Waals surface area contributed by atoms with Crippen LogP contribution >= 0.6 is 11.6 Å². The molecule has 3 heterocycles. The van der Waals surface area contributed by atoms with Crippen LogP contribution in [0.4, 0.5) is 16.4 Å². The van der Waals surface area contributed by atoms with E-state index in [9.17, 15) is 9.59 Å². The number of hydrogen-bond donors (Lipinski definition) is 2. The van der Waals surface area contributed by atoms with Crippen LogP contribution in [0.5, 0.6) is 5.88 Å². The number of para-hydroxylation sites is 1. The SMILES string of the molecule is COn1c(=O)c(-c2cc(NC(=O)Oc3cc4ccccc4n3C)ccc2Cl)cc2cnc(NCCN(C)C)nc21. The summed E-state index contributed by atoms with van der Waals surface area (Å²) in [5, 5.41) is 7.68. The Bertz CT molecular complexity index is 1780. The van der Waals surface area contributed by atoms with Crippen molar-refractivity contribution in [3.8, 4) is 17.0 Å². The first-order valence-electron chi connectivity index (χ1n) is 12.4. The van der Waals surface area contributed by atoms with Gasteiger partial charge in [-0.25, -0.2) is 9.78 Å². The van der Waals surface area contributed by atoms with Crippen LogP contribution in [0.25, 0.3) is 33.1 Å². The first-order chi connectivity index (χ1) is 19.2. The van der Waals surface area contributed by atoms with E-state index >= 15 is 0 Å². The number of pyridine rings is 1. The molecule has 5 rings (SSSR count). The van der Waals surface area contributed by atoms with Crippen molar-refractivity contribution >= 4 is 51.3 Å². The predicted octanol–water partition coefficient (Wildman–Crippen LogP) is 4.25. The van der Waals surface area contributed by atoms with Gasteiger partial charge in [0.15, 0.2) is 5.65 Å². The van der Waals surface area contributed by atoms with Crippen molar-refractivity contribution in [2.45, 2.75) is 0 Å². The molecule has 0 aliphatic heterocycles. The number of ether oxygens (including phenoxy) is 1. The Hall–Kier alpha value is -4.61. The highest BCUT2D eigenvalue weighted by Gasteiger charge is 2.18. The number of carbonyl (C=O) groups excluding carboxylic acids is 1. The van der Waals surface area contributed by atoms with Crippen molar-refractivity contribution < 1.29 is 14.4 Å². The fourth-order valence-electron chi connectivity index (χ4n) is 4.32. The molecule has 0 bridgehead atoms. The van der Waals surface area contributed by atoms with Crippen LogP contribution in [0.15, 0.2) is 65.6 Å². The van der Waals surface area contributed by atoms with Crippen molar-refractivity contribution in [2.75, 3.05) is 44.9 Å². The monoisotopic (exact) mass is 561 g/mol. The molecular formula is C28H28ClN7O4. The van der Waals surface area contributed by atoms with Crippen molar-refractivity contribution in [2.24, 2.45) is 7.05 Å². The van der Waals surface area contributed by atoms with Crippen molar-refractivity contribution in [3.63, 3.8) is 0 Å². The van der Waals surface area contributed by atoms with Crippen LogP contribution in [-0.2, 0) is 7.05 Å². The van der Waals surface area contributed by atoms with Gasteiger partial charge in [0, 0.05) is 59.4 Å². The van der Waals surface area contributed by atoms with E-state index in [-0.39, 0.29) is 5.56 Å². The highest BCUT2D eigenvalue weighted by Crippen LogP contribution is 2.31. The molecule has 3 aromatic heterocycles. The highest BCUT2D eigenvalue weighted by atomic mass is 35.5. The Labute approximate surface area is 234 Å². The van der Waals surface area contributed by atoms with Gasteiger partial charge in [-0.15, -0.1) is 4.73 Å². The number of hydrogen-bond acceptors (Lipinski definition) is 8. The summed E-state index contributed by atoms with van der Waals surface area (Å²) >= 11 is 6.51. The van der Waals surface area contributed by atoms with Crippen molar-refractivity contribution in [1.29, 1.82) is 0 Å². The molecule has 0 saturated carbocycles. The molecule has 0 atom stereocenters. The second kappa shape index (κ2) is 11.2. The van der Waals surface area contributed by atoms with Gasteiger partial charge in [0.25, 0.3) is 5.56 Å². The lowest BCUT2D eigenvalue weighted by atomic mass is 10.1. The lowest BCUT2D eigenvalue weighted by molar-refractivity contribution is 0.168. The second-order valence-corrected chi connectivity index (χ2v) is 9.76. The summed E-state index contributed by atoms with van der Waals surface area (Å²) in [6.07, 6.45) is 0.922. The maximum atomic E-state index is 13.5. The fraction of sp³-hybridized carbons (Fsp3) is 0.214. The molecule has 1 amide bonds. The number of carbonyl (C=O) groups is 1. The molecule has 0 radical (unpaired) electrons. The third kappa shape index (κ3) is 5.42. The van der Waals surface area contributed by atoms with Crippen molar-refractivity contribution in [3.05, 3.63) is 76.2 Å². The van der Waals surface area contributed by atoms with Crippen LogP contribution in [0.2, 0.25) is 5.02 Å². The lowest BCUT2D eigenvalue weighted by Crippen LogP contribution is -2.28. The smallest absolute Gasteiger partial charge is 0.412 e. The zero-order valence-electron chi connectivity index (χ0n) is 22.4. The third-order valence-electron chi connectivity index (χ3n) is 6.34. The number of nitrogens with zero attached hydrogens (tertiary/aromatic N) is 5. The van der Waals surface area contributed by atoms with Gasteiger partial charge >= 0.3 is 6.09 Å². The Morgan fingerprint density at radius 1 is 1.07 bits per heavy atom. The molecule has 12 heteroatoms. The number of nitrogens with one attached hydrogen (secondary N) is 2. The minimum absolute atomic E-state index is 0.252. The molecule has 5 aromatic rings. The van der Waals surface area contributed by atoms with Gasteiger partial charge in [-0.2, -0.15) is 4.98 Å². The fourth-order valence-corrected chi connectivity index (χ4v) is 4.54. The third-order valence-corrected chi connectivity index (χ3v) is 6.67. The van der Waals surface area contributed by atoms with Crippen LogP contribution in [0, 0.1) is 0 Å². The standard InChI is InChI=1S/C28H28ClN7O4/c1-34(2)12-11-30-27-31-16-18-13-21(26(37)36(39-4)25(18)33-27)20-15-19(9-10-22(20)29)32-28(38)40-24-14-17-7-5-6-8-23(17)35(24)3/h5-10,13-16H,11-12H2,1-4H3,(H,32,38)(H,30,31,33). The Morgan fingerprint density at radius 2 is 1.88 bits per heavy atom. The van der Waals surface area contributed by atoms with Gasteiger partial charge < -0.3 is 24.4 Å². The Balaban J connectivity index is 1.43. The van der Waals surface area contributed by atoms with Crippen LogP contribution in [-0.4, -0.2) is 64.6 Å². The van der Waals surface area contributed by atoms with Crippen LogP contribution in [0.1, 0.15) is 0 Å². The minimum atomic E-state index is -0.685. The van der Waals surface area contributed by atoms with Crippen LogP contribution in [0.3, 0.4) is 0 Å². The molecule has 206 valence electrons. The van der Waals surface area contributed by atoms with Gasteiger partial charge in [-0.05, 0) is 44.4 Å². The Kier molecular flexibility index (Phi) is 7.58. The number of aromatic nitrogens is 4. The first-order valence-corrected chi connectivity index (χ1v) is 12.8. The van der Waals surface area contributed by atoms with E-state index in [1.54, 1.807) is 41.1 Å². The van der Waals surface area contributed by atoms with Gasteiger partial charge in [0.2, 0.25) is 11.8 Å². The number of benzene rings is 2. The summed E-state index contributed by atoms with van der Waals surface area (Å²) in [5.41, 5.74) is 1.82. The van der Waals surface area contributed by atoms with E-state index in [2.05, 4.69) is 20.6 Å². The zero-order valence-corrected chi connectivity index (χ0v) is 23.2. The molecule has 2 N–H and O–H groups in total. The quantitative estimate of drug-likeness (QED) is 0.289. The van der Waals surface area contributed by atoms with Gasteiger partial charge in [-0.1, -0.05) is 29.8 Å². The number of fused-ring (bicyclic) bond motifs is 2. The summed E-state index contributed by atoms with van der Waals surface area (Å²) in [7, 11) is 7.14. The van der Waals surface area contributed by atoms with E-state index in [4.69, 9.17) is 21.2 Å². The number of amides is 1. The maximum Gasteiger partial charge on any atom is 0.418 e. The second-order valence-electron chi connectivity index (χ2n) is 9.35. The number of likely N-dealkylation sites (N-methyl/N-ethyl adjacent to an activating group) is 1. The van der Waals surface area contributed by atoms with Gasteiger partial charge in [-0.3, -0.25) is 10.1 Å². The normalized spacial score (nSPS) is 11.2. The lowest BCUT2D eigenvalue weighted by Gasteiger charge is -2.14. The molecule has 0 spiro atoms. The molecule has 0 aliphatic rings. The van der Waals surface area contributed by atoms with Crippen LogP contribution < -0.4 is 25.8 Å². The van der Waals surface area contributed by atoms with E-state index in [1.807, 2.05) is 50.3 Å². The number of anilines is 2. The maximum absolute atomic E-state index is 13.5. The van der Waals surface area contributed by atoms with Gasteiger partial charge in [0.05, 0.1) is 11.1 Å². The van der Waals surface area contributed by atoms with Gasteiger partial charge in [0.1, 0.15) is 7.11 Å². The zero-order chi connectivity index (χ0) is 28.4. The summed E-state index contributed by atoms with van der Waals surface area (Å²) in [6, 6.07) is 16.0. The number of aryl methyl sites for hydroxylation is 1. The predicted molar refractivity (Wildman–Crippen MR) is 156 cm³/mol. The van der Waals surface area contributed by atoms with E-state index < -0.39 is 11.7 Å². The summed E-state index contributed by atoms with van der Waals surface area (Å²) in [6.45, 7) is 1.42.